The number of amides is 6. The number of thiophene rings is 3. The normalized spacial score (nSPS) is 13.0. The number of halogens is 4. The minimum Gasteiger partial charge on any atom is -0.0622 e. The van der Waals surface area contributed by atoms with E-state index in [1.807, 2.05) is 13.0 Å². The molecular weight excluding hydrogens is 2110 g/mol. The van der Waals surface area contributed by atoms with Gasteiger partial charge in [-0.15, -0.1) is 34.0 Å². The number of aryl methyl sites for hydroxylation is 1. The van der Waals surface area contributed by atoms with E-state index >= 15 is 0 Å². The number of carbonyl (C=O) groups is 6. The van der Waals surface area contributed by atoms with Gasteiger partial charge in [0.15, 0.2) is 0 Å². The number of fused-ring (bicyclic) bond motifs is 7. The Labute approximate surface area is 851 Å². The van der Waals surface area contributed by atoms with Crippen LogP contribution in [-0.2, 0) is 38.6 Å². The van der Waals surface area contributed by atoms with Crippen molar-refractivity contribution in [2.24, 2.45) is 17.5 Å². The van der Waals surface area contributed by atoms with Gasteiger partial charge in [0.1, 0.15) is 59.4 Å². The molecule has 6 amide bonds. The van der Waals surface area contributed by atoms with Crippen molar-refractivity contribution in [2.75, 3.05) is 19.6 Å². The molecule has 0 spiro atoms. The molecule has 31 heteroatoms. The largest absolute Gasteiger partial charge is 0.0622 e. The van der Waals surface area contributed by atoms with Crippen LogP contribution in [-0.4, -0.2) is 87.3 Å². The fourth-order valence-electron chi connectivity index (χ4n) is 16.7. The molecule has 0 unspecified atom stereocenters. The number of carbonyl (C=O) groups excluding carboxylic acids is 6. The molecule has 13 aromatic rings. The molecule has 0 N–H and O–H groups in total. The molecular formula is C103H111Br2Cl2N11O6P2PdS7. The molecule has 0 saturated heterocycles. The van der Waals surface area contributed by atoms with Crippen molar-refractivity contribution in [1.29, 1.82) is 0 Å². The molecule has 0 atom stereocenters. The molecule has 0 bridgehead atoms. The van der Waals surface area contributed by atoms with Crippen molar-refractivity contribution in [3.63, 3.8) is 0 Å². The summed E-state index contributed by atoms with van der Waals surface area (Å²) in [4.78, 5) is 86.7. The van der Waals surface area contributed by atoms with Gasteiger partial charge in [-0.25, -0.2) is 0 Å². The summed E-state index contributed by atoms with van der Waals surface area (Å²) in [5.41, 5.74) is 8.59. The SMILES string of the molecule is Brc1c2c(c(Br)c3nsnc13)N=S=N2.CCCCCCCCCCCCN1C(=O)c2cc(-c3c4c(c(-c5cc6c(s5)C(=O)N(CCCCCCCCCCCC)C6=O)c5nsnc35)N=S=N4)sc2C1=O.CCCCCCCCCCCCN1C(=O)c2cc(C)sc2C1=O.[Cl][Pd][Cl].c1ccc(P(c2ccccc2)c2ccccc2)cc1.c1ccc(P(c2ccccc2)c2ccccc2)cc1. The Hall–Kier alpha value is -7.38. The first-order chi connectivity index (χ1) is 65.7. The maximum Gasteiger partial charge on any atom is -0.0134 e. The molecule has 17 nitrogen and oxygen atoms in total. The number of unbranched alkanes of at least 4 members (excludes halogenated alkanes) is 27. The van der Waals surface area contributed by atoms with E-state index in [1.165, 1.54) is 245 Å². The van der Waals surface area contributed by atoms with E-state index in [-0.39, 0.29) is 51.4 Å². The summed E-state index contributed by atoms with van der Waals surface area (Å²) in [5, 5.41) is 8.39. The summed E-state index contributed by atoms with van der Waals surface area (Å²) in [5.74, 6) is -1.14. The van der Waals surface area contributed by atoms with Crippen LogP contribution in [0, 0.1) is 6.92 Å². The molecule has 8 aromatic carbocycles. The fraction of sp³-hybridized carbons (Fsp3) is 0.359. The zero-order valence-electron chi connectivity index (χ0n) is 75.8. The van der Waals surface area contributed by atoms with Crippen molar-refractivity contribution in [2.45, 2.75) is 220 Å². The van der Waals surface area contributed by atoms with E-state index in [0.29, 0.717) is 84.5 Å². The number of hydrogen-bond donors (Lipinski definition) is 0. The Balaban J connectivity index is 0.000000159. The average Bonchev–Trinajstić information content (AvgIpc) is 1.56. The molecule has 0 aliphatic carbocycles. The van der Waals surface area contributed by atoms with Gasteiger partial charge >= 0.3 is 35.0 Å². The fourth-order valence-corrected chi connectivity index (χ4v) is 28.4. The minimum absolute atomic E-state index is 0.0842. The van der Waals surface area contributed by atoms with Crippen molar-refractivity contribution in [3.05, 3.63) is 245 Å². The molecule has 0 fully saturated rings. The second-order valence-electron chi connectivity index (χ2n) is 33.1. The predicted octanol–water partition coefficient (Wildman–Crippen LogP) is 30.7. The van der Waals surface area contributed by atoms with Crippen LogP contribution in [0.5, 0.6) is 0 Å². The Morgan fingerprint density at radius 3 is 0.791 bits per heavy atom. The Morgan fingerprint density at radius 2 is 0.537 bits per heavy atom. The predicted molar refractivity (Wildman–Crippen MR) is 573 cm³/mol. The van der Waals surface area contributed by atoms with Crippen LogP contribution in [0.2, 0.25) is 0 Å². The Kier molecular flexibility index (Phi) is 42.6. The summed E-state index contributed by atoms with van der Waals surface area (Å²) in [6, 6.07) is 70.1. The van der Waals surface area contributed by atoms with Gasteiger partial charge in [0.25, 0.3) is 35.4 Å². The van der Waals surface area contributed by atoms with Crippen molar-refractivity contribution in [1.82, 2.24) is 32.2 Å². The van der Waals surface area contributed by atoms with Crippen molar-refractivity contribution >= 4 is 259 Å². The summed E-state index contributed by atoms with van der Waals surface area (Å²) in [6.45, 7) is 10.1. The van der Waals surface area contributed by atoms with Crippen molar-refractivity contribution < 1.29 is 44.7 Å². The molecule has 134 heavy (non-hydrogen) atoms. The third-order valence-electron chi connectivity index (χ3n) is 23.6. The monoisotopic (exact) mass is 2220 g/mol. The first-order valence-electron chi connectivity index (χ1n) is 46.5. The first kappa shape index (κ1) is 104. The van der Waals surface area contributed by atoms with Crippen LogP contribution in [0.25, 0.3) is 42.9 Å². The molecule has 5 aliphatic heterocycles. The van der Waals surface area contributed by atoms with Gasteiger partial charge in [-0.05, 0) is 124 Å². The van der Waals surface area contributed by atoms with Crippen LogP contribution in [0.15, 0.2) is 227 Å². The average molecular weight is 2220 g/mol. The number of hydrogen-bond acceptors (Lipinski definition) is 19. The molecule has 18 rings (SSSR count). The summed E-state index contributed by atoms with van der Waals surface area (Å²) >= 11 is 15.3. The van der Waals surface area contributed by atoms with Crippen LogP contribution in [0.3, 0.4) is 0 Å². The minimum atomic E-state index is -0.446. The molecule has 0 radical (unpaired) electrons. The van der Waals surface area contributed by atoms with E-state index in [0.717, 1.165) is 120 Å². The summed E-state index contributed by atoms with van der Waals surface area (Å²) < 4.78 is 37.2. The molecule has 5 aromatic heterocycles. The van der Waals surface area contributed by atoms with Gasteiger partial charge in [0, 0.05) is 45.4 Å². The van der Waals surface area contributed by atoms with E-state index in [9.17, 15) is 28.8 Å². The Bertz CT molecular complexity index is 5630. The standard InChI is InChI=1S/C42H52N6O4S4.C19H29NO2S.2C18H15P.C6Br2N4S2.2ClH.Pd/c1-3-5-7-9-11-13-15-17-19-21-23-47-39(49)27-25-29(53-37(27)41(47)51)31-33-35(45-55-43-33)32(36-34(31)44-56-46-36)30-26-28-38(54-30)42(52)48(40(28)50)24-22-20-18-16-14-12-10-8-6-4-2;1-3-4-5-6-7-8-9-10-11-12-13-20-18(21)16-14-15(2)23-17(16)19(20)22;2*1-4-10-16(11-5-1)19(17-12-6-2-7-13-17)18-14-8-3-9-15-18;7-1-3-5(11-13-9-3)2(8)6-4(1)10-14-12-6;;;/h25-26H,3-24H2,1-2H3;14H,3-13H2,1-2H3;2*1-15H;;2*1H;/q;;;;;;;+2/p-2. The summed E-state index contributed by atoms with van der Waals surface area (Å²) in [6.07, 6.45) is 36.4. The van der Waals surface area contributed by atoms with Gasteiger partial charge in [0.2, 0.25) is 0 Å². The maximum absolute atomic E-state index is 13.5. The van der Waals surface area contributed by atoms with E-state index in [1.54, 1.807) is 12.1 Å². The number of benzene rings is 8. The second kappa shape index (κ2) is 54.8. The van der Waals surface area contributed by atoms with Crippen LogP contribution >= 0.6 is 124 Å². The number of aromatic nitrogens is 4. The van der Waals surface area contributed by atoms with Gasteiger partial charge in [-0.2, -0.15) is 34.9 Å². The Morgan fingerprint density at radius 1 is 0.306 bits per heavy atom. The maximum atomic E-state index is 13.5. The van der Waals surface area contributed by atoms with Crippen molar-refractivity contribution in [3.8, 4) is 20.9 Å². The topological polar surface area (TPSA) is 213 Å². The van der Waals surface area contributed by atoms with Gasteiger partial charge < -0.3 is 0 Å². The number of nitrogens with zero attached hydrogens (tertiary/aromatic N) is 11. The summed E-state index contributed by atoms with van der Waals surface area (Å²) in [7, 11) is 8.74. The van der Waals surface area contributed by atoms with Crippen LogP contribution < -0.4 is 31.8 Å². The smallest absolute Gasteiger partial charge is 0.0134 e. The van der Waals surface area contributed by atoms with E-state index < -0.39 is 15.8 Å². The first-order valence-corrected chi connectivity index (χ1v) is 60.2. The zero-order chi connectivity index (χ0) is 93.9. The van der Waals surface area contributed by atoms with Gasteiger partial charge in [-0.3, -0.25) is 43.5 Å². The van der Waals surface area contributed by atoms with Gasteiger partial charge in [-0.1, -0.05) is 376 Å². The molecule has 704 valence electrons. The van der Waals surface area contributed by atoms with E-state index in [4.69, 9.17) is 19.1 Å². The molecule has 10 heterocycles. The zero-order valence-corrected chi connectivity index (χ0v) is 89.6. The molecule has 5 aliphatic rings. The van der Waals surface area contributed by atoms with E-state index in [2.05, 4.69) is 270 Å². The van der Waals surface area contributed by atoms with Gasteiger partial charge in [0.05, 0.1) is 71.8 Å². The quantitative estimate of drug-likeness (QED) is 0.0153. The third kappa shape index (κ3) is 27.2. The number of rotatable bonds is 41. The number of imide groups is 3. The third-order valence-corrected chi connectivity index (χ3v) is 35.4. The molecule has 0 saturated carbocycles. The van der Waals surface area contributed by atoms with Crippen LogP contribution in [0.4, 0.5) is 22.7 Å². The second-order valence-corrected chi connectivity index (χ2v) is 47.0. The van der Waals surface area contributed by atoms with Crippen LogP contribution in [0.1, 0.15) is 278 Å².